The van der Waals surface area contributed by atoms with Crippen LogP contribution in [0.5, 0.6) is 0 Å². The van der Waals surface area contributed by atoms with Crippen LogP contribution in [0.3, 0.4) is 0 Å². The summed E-state index contributed by atoms with van der Waals surface area (Å²) in [6.45, 7) is 9.74. The van der Waals surface area contributed by atoms with E-state index >= 15 is 0 Å². The molecule has 17 nitrogen and oxygen atoms in total. The van der Waals surface area contributed by atoms with Gasteiger partial charge in [0.05, 0.1) is 26.4 Å². The van der Waals surface area contributed by atoms with E-state index in [1.54, 1.807) is 0 Å². The van der Waals surface area contributed by atoms with Gasteiger partial charge in [0.2, 0.25) is 0 Å². The molecule has 0 spiro atoms. The summed E-state index contributed by atoms with van der Waals surface area (Å²) in [4.78, 5) is 73.5. The monoisotopic (exact) mass is 1620 g/mol. The maximum absolute atomic E-state index is 13.2. The van der Waals surface area contributed by atoms with E-state index in [1.165, 1.54) is 315 Å². The number of esters is 4. The molecule has 0 fully saturated rings. The number of phosphoric acid groups is 2. The summed E-state index contributed by atoms with van der Waals surface area (Å²) in [5, 5.41) is 10.7. The zero-order valence-corrected chi connectivity index (χ0v) is 75.1. The lowest BCUT2D eigenvalue weighted by Crippen LogP contribution is -2.30. The van der Waals surface area contributed by atoms with Crippen LogP contribution in [0.25, 0.3) is 0 Å². The lowest BCUT2D eigenvalue weighted by Gasteiger charge is -2.21. The number of carbonyl (C=O) groups is 4. The van der Waals surface area contributed by atoms with E-state index in [-0.39, 0.29) is 25.7 Å². The van der Waals surface area contributed by atoms with Crippen molar-refractivity contribution in [3.05, 3.63) is 0 Å². The Hall–Kier alpha value is -1.94. The number of ether oxygens (including phenoxy) is 4. The Morgan fingerprint density at radius 3 is 0.685 bits per heavy atom. The molecule has 0 saturated carbocycles. The molecular weight excluding hydrogens is 1440 g/mol. The highest BCUT2D eigenvalue weighted by molar-refractivity contribution is 7.47. The molecule has 0 bridgehead atoms. The van der Waals surface area contributed by atoms with Crippen LogP contribution in [0.1, 0.15) is 497 Å². The normalized spacial score (nSPS) is 14.0. The van der Waals surface area contributed by atoms with Crippen molar-refractivity contribution in [1.29, 1.82) is 0 Å². The summed E-state index contributed by atoms with van der Waals surface area (Å²) in [5.74, 6) is -0.505. The van der Waals surface area contributed by atoms with E-state index < -0.39 is 97.5 Å². The Morgan fingerprint density at radius 1 is 0.261 bits per heavy atom. The van der Waals surface area contributed by atoms with Crippen molar-refractivity contribution < 1.29 is 80.2 Å². The quantitative estimate of drug-likeness (QED) is 0.0222. The minimum Gasteiger partial charge on any atom is -0.462 e. The third-order valence-electron chi connectivity index (χ3n) is 22.1. The van der Waals surface area contributed by atoms with E-state index in [4.69, 9.17) is 37.0 Å². The summed E-state index contributed by atoms with van der Waals surface area (Å²) < 4.78 is 69.1. The molecular formula is C92H180O17P2. The Labute approximate surface area is 683 Å². The van der Waals surface area contributed by atoms with E-state index in [0.717, 1.165) is 102 Å². The molecule has 0 aliphatic heterocycles. The minimum absolute atomic E-state index is 0.109. The van der Waals surface area contributed by atoms with Crippen molar-refractivity contribution in [2.45, 2.75) is 516 Å². The molecule has 6 atom stereocenters. The molecule has 0 amide bonds. The molecule has 19 heteroatoms. The minimum atomic E-state index is -4.97. The predicted molar refractivity (Wildman–Crippen MR) is 460 cm³/mol. The zero-order valence-electron chi connectivity index (χ0n) is 73.3. The third-order valence-corrected chi connectivity index (χ3v) is 24.0. The fourth-order valence-electron chi connectivity index (χ4n) is 14.4. The lowest BCUT2D eigenvalue weighted by atomic mass is 9.99. The molecule has 0 aliphatic rings. The summed E-state index contributed by atoms with van der Waals surface area (Å²) in [5.41, 5.74) is 0. The van der Waals surface area contributed by atoms with Gasteiger partial charge in [0, 0.05) is 25.7 Å². The summed E-state index contributed by atoms with van der Waals surface area (Å²) >= 11 is 0. The molecule has 3 unspecified atom stereocenters. The Balaban J connectivity index is 5.25. The maximum Gasteiger partial charge on any atom is 0.472 e. The molecule has 0 aromatic carbocycles. The number of phosphoric ester groups is 2. The first-order valence-electron chi connectivity index (χ1n) is 47.5. The van der Waals surface area contributed by atoms with Crippen molar-refractivity contribution >= 4 is 39.5 Å². The van der Waals surface area contributed by atoms with Gasteiger partial charge in [-0.3, -0.25) is 37.3 Å². The highest BCUT2D eigenvalue weighted by Crippen LogP contribution is 2.45. The van der Waals surface area contributed by atoms with Gasteiger partial charge in [0.1, 0.15) is 19.3 Å². The van der Waals surface area contributed by atoms with Crippen LogP contribution in [0.2, 0.25) is 0 Å². The average molecular weight is 1620 g/mol. The average Bonchev–Trinajstić information content (AvgIpc) is 0.901. The van der Waals surface area contributed by atoms with Crippen LogP contribution in [0.4, 0.5) is 0 Å². The van der Waals surface area contributed by atoms with Gasteiger partial charge in [-0.25, -0.2) is 9.13 Å². The lowest BCUT2D eigenvalue weighted by molar-refractivity contribution is -0.161. The van der Waals surface area contributed by atoms with Gasteiger partial charge in [-0.05, 0) is 37.5 Å². The first-order valence-corrected chi connectivity index (χ1v) is 50.5. The number of hydrogen-bond acceptors (Lipinski definition) is 15. The third kappa shape index (κ3) is 84.3. The van der Waals surface area contributed by atoms with Gasteiger partial charge in [-0.1, -0.05) is 446 Å². The fraction of sp³-hybridized carbons (Fsp3) is 0.957. The van der Waals surface area contributed by atoms with Gasteiger partial charge in [0.15, 0.2) is 12.2 Å². The van der Waals surface area contributed by atoms with Crippen molar-refractivity contribution in [2.75, 3.05) is 39.6 Å². The second-order valence-corrected chi connectivity index (χ2v) is 36.7. The second-order valence-electron chi connectivity index (χ2n) is 33.8. The zero-order chi connectivity index (χ0) is 81.3. The van der Waals surface area contributed by atoms with E-state index in [9.17, 15) is 43.2 Å². The van der Waals surface area contributed by atoms with Crippen molar-refractivity contribution in [3.8, 4) is 0 Å². The highest BCUT2D eigenvalue weighted by Gasteiger charge is 2.31. The van der Waals surface area contributed by atoms with E-state index in [0.29, 0.717) is 25.7 Å². The number of rotatable bonds is 91. The first-order chi connectivity index (χ1) is 53.9. The van der Waals surface area contributed by atoms with E-state index in [1.807, 2.05) is 0 Å². The standard InChI is InChI=1S/C92H180O17P2/c1-7-10-12-14-16-18-20-22-24-26-28-29-30-31-33-39-43-47-51-59-65-71-76-91(96)108-87(80-102-89(94)74-68-62-56-49-45-41-37-35-34-36-40-44-48-54-60-66-72-84(4)5)82-106-110(98,99)104-78-86(93)79-105-111(100,101)107-83-88(81-103-90(95)75-69-63-57-53-52-55-61-67-73-85(6)9-3)109-92(97)77-70-64-58-50-46-42-38-32-27-25-23-21-19-17-15-13-11-8-2/h84-88,93H,7-83H2,1-6H3,(H,98,99)(H,100,101)/t85?,86-,87-,88-/m1/s1. The topological polar surface area (TPSA) is 237 Å². The van der Waals surface area contributed by atoms with Gasteiger partial charge >= 0.3 is 39.5 Å². The largest absolute Gasteiger partial charge is 0.472 e. The molecule has 0 rings (SSSR count). The van der Waals surface area contributed by atoms with Crippen molar-refractivity contribution in [1.82, 2.24) is 0 Å². The number of aliphatic hydroxyl groups excluding tert-OH is 1. The van der Waals surface area contributed by atoms with Crippen LogP contribution in [0.15, 0.2) is 0 Å². The first kappa shape index (κ1) is 109. The highest BCUT2D eigenvalue weighted by atomic mass is 31.2. The van der Waals surface area contributed by atoms with Crippen molar-refractivity contribution in [2.24, 2.45) is 11.8 Å². The molecule has 3 N–H and O–H groups in total. The maximum atomic E-state index is 13.2. The molecule has 0 heterocycles. The summed E-state index contributed by atoms with van der Waals surface area (Å²) in [7, 11) is -9.94. The van der Waals surface area contributed by atoms with Gasteiger partial charge in [-0.2, -0.15) is 0 Å². The molecule has 0 saturated heterocycles. The summed E-state index contributed by atoms with van der Waals surface area (Å²) in [6.07, 6.45) is 77.9. The number of aliphatic hydroxyl groups is 1. The van der Waals surface area contributed by atoms with Crippen LogP contribution in [-0.2, 0) is 65.4 Å². The van der Waals surface area contributed by atoms with Gasteiger partial charge < -0.3 is 33.8 Å². The smallest absolute Gasteiger partial charge is 0.462 e. The fourth-order valence-corrected chi connectivity index (χ4v) is 16.0. The van der Waals surface area contributed by atoms with Gasteiger partial charge in [-0.15, -0.1) is 0 Å². The van der Waals surface area contributed by atoms with Crippen LogP contribution in [-0.4, -0.2) is 96.7 Å². The van der Waals surface area contributed by atoms with Gasteiger partial charge in [0.25, 0.3) is 0 Å². The molecule has 0 aromatic heterocycles. The Bertz CT molecular complexity index is 2120. The van der Waals surface area contributed by atoms with Crippen LogP contribution < -0.4 is 0 Å². The Morgan fingerprint density at radius 2 is 0.459 bits per heavy atom. The second kappa shape index (κ2) is 83.1. The molecule has 660 valence electrons. The summed E-state index contributed by atoms with van der Waals surface area (Å²) in [6, 6.07) is 0. The molecule has 0 aliphatic carbocycles. The number of hydrogen-bond donors (Lipinski definition) is 3. The van der Waals surface area contributed by atoms with E-state index in [2.05, 4.69) is 41.5 Å². The predicted octanol–water partition coefficient (Wildman–Crippen LogP) is 28.6. The number of unbranched alkanes of at least 4 members (excludes halogenated alkanes) is 60. The molecule has 111 heavy (non-hydrogen) atoms. The number of carbonyl (C=O) groups excluding carboxylic acids is 4. The van der Waals surface area contributed by atoms with Crippen LogP contribution in [0, 0.1) is 11.8 Å². The Kier molecular flexibility index (Phi) is 81.7. The molecule has 0 aromatic rings. The SMILES string of the molecule is CCCCCCCCCCCCCCCCCCCCCCCCC(=O)O[C@H](COC(=O)CCCCCCCCCCCCCCCCCCC(C)C)COP(=O)(O)OC[C@@H](O)COP(=O)(O)OC[C@@H](COC(=O)CCCCCCCCCCC(C)CC)OC(=O)CCCCCCCCCCCCCCCCCCCC. The van der Waals surface area contributed by atoms with Crippen molar-refractivity contribution in [3.63, 3.8) is 0 Å². The molecule has 0 radical (unpaired) electrons. The van der Waals surface area contributed by atoms with Crippen LogP contribution >= 0.6 is 15.6 Å².